The molecule has 0 fully saturated rings. The van der Waals surface area contributed by atoms with E-state index >= 15 is 0 Å². The average molecular weight is 249 g/mol. The Morgan fingerprint density at radius 3 is 2.89 bits per heavy atom. The van der Waals surface area contributed by atoms with Crippen LogP contribution in [0.1, 0.15) is 38.1 Å². The molecule has 2 N–H and O–H groups in total. The molecule has 1 aromatic heterocycles. The molecule has 1 amide bonds. The third-order valence-electron chi connectivity index (χ3n) is 2.74. The van der Waals surface area contributed by atoms with Crippen molar-refractivity contribution < 1.29 is 4.79 Å². The second kappa shape index (κ2) is 4.80. The number of rotatable bonds is 3. The van der Waals surface area contributed by atoms with Crippen molar-refractivity contribution in [1.29, 1.82) is 0 Å². The number of nitrogens with one attached hydrogen (secondary N) is 2. The van der Waals surface area contributed by atoms with Gasteiger partial charge in [0.1, 0.15) is 0 Å². The molecule has 0 aliphatic carbocycles. The monoisotopic (exact) mass is 249 g/mol. The highest BCUT2D eigenvalue weighted by atomic mass is 16.2. The fourth-order valence-electron chi connectivity index (χ4n) is 2.02. The lowest BCUT2D eigenvalue weighted by atomic mass is 10.1. The Morgan fingerprint density at radius 1 is 1.56 bits per heavy atom. The molecule has 2 rings (SSSR count). The van der Waals surface area contributed by atoms with E-state index in [2.05, 4.69) is 20.7 Å². The highest BCUT2D eigenvalue weighted by Crippen LogP contribution is 2.24. The molecular weight excluding hydrogens is 230 g/mol. The summed E-state index contributed by atoms with van der Waals surface area (Å²) in [6, 6.07) is -0.239. The quantitative estimate of drug-likeness (QED) is 0.819. The Bertz CT molecular complexity index is 489. The van der Waals surface area contributed by atoms with Crippen LogP contribution in [0.4, 0.5) is 0 Å². The first-order valence-electron chi connectivity index (χ1n) is 6.19. The maximum Gasteiger partial charge on any atom is 0.256 e. The highest BCUT2D eigenvalue weighted by molar-refractivity contribution is 6.05. The molecule has 1 aromatic rings. The summed E-state index contributed by atoms with van der Waals surface area (Å²) in [5.74, 6) is 0.451. The zero-order chi connectivity index (χ0) is 13.3. The molecule has 98 valence electrons. The minimum Gasteiger partial charge on any atom is -0.354 e. The van der Waals surface area contributed by atoms with E-state index in [4.69, 9.17) is 0 Å². The van der Waals surface area contributed by atoms with Gasteiger partial charge in [-0.3, -0.25) is 14.8 Å². The standard InChI is InChI=1S/C12H19N5O/c1-5-9-8(6-17(4)16-9)10-11(18)15-12(14-10)13-7(2)3/h6-7,10H,5H2,1-4H3,(H2,13,14,15,18). The number of nitrogens with zero attached hydrogens (tertiary/aromatic N) is 3. The molecule has 0 radical (unpaired) electrons. The van der Waals surface area contributed by atoms with E-state index in [1.54, 1.807) is 4.68 Å². The molecule has 6 heteroatoms. The van der Waals surface area contributed by atoms with Gasteiger partial charge in [0.2, 0.25) is 0 Å². The van der Waals surface area contributed by atoms with Crippen LogP contribution >= 0.6 is 0 Å². The van der Waals surface area contributed by atoms with E-state index in [1.807, 2.05) is 34.0 Å². The lowest BCUT2D eigenvalue weighted by molar-refractivity contribution is -0.120. The van der Waals surface area contributed by atoms with Gasteiger partial charge in [-0.1, -0.05) is 6.92 Å². The number of aliphatic imine (C=N–C) groups is 1. The lowest BCUT2D eigenvalue weighted by Gasteiger charge is -2.07. The Labute approximate surface area is 106 Å². The van der Waals surface area contributed by atoms with Crippen LogP contribution in [-0.2, 0) is 18.3 Å². The maximum absolute atomic E-state index is 11.9. The van der Waals surface area contributed by atoms with Crippen LogP contribution in [0.25, 0.3) is 0 Å². The molecule has 0 spiro atoms. The number of hydrogen-bond donors (Lipinski definition) is 2. The van der Waals surface area contributed by atoms with Crippen LogP contribution in [0.3, 0.4) is 0 Å². The summed E-state index contributed by atoms with van der Waals surface area (Å²) in [5.41, 5.74) is 1.81. The van der Waals surface area contributed by atoms with Crippen molar-refractivity contribution >= 4 is 11.9 Å². The normalized spacial score (nSPS) is 19.1. The molecule has 0 bridgehead atoms. The van der Waals surface area contributed by atoms with Crippen LogP contribution < -0.4 is 10.6 Å². The second-order valence-electron chi connectivity index (χ2n) is 4.73. The molecule has 18 heavy (non-hydrogen) atoms. The fraction of sp³-hybridized carbons (Fsp3) is 0.583. The average Bonchev–Trinajstić information content (AvgIpc) is 2.80. The van der Waals surface area contributed by atoms with Crippen molar-refractivity contribution in [1.82, 2.24) is 20.4 Å². The number of amides is 1. The Morgan fingerprint density at radius 2 is 2.28 bits per heavy atom. The number of guanidine groups is 1. The number of aryl methyl sites for hydroxylation is 2. The molecule has 0 saturated carbocycles. The minimum atomic E-state index is -0.477. The van der Waals surface area contributed by atoms with E-state index in [0.717, 1.165) is 17.7 Å². The zero-order valence-corrected chi connectivity index (χ0v) is 11.2. The van der Waals surface area contributed by atoms with Crippen molar-refractivity contribution in [2.24, 2.45) is 12.0 Å². The molecule has 1 aliphatic heterocycles. The SMILES string of the molecule is CCc1nn(C)cc1C1N=C(NC(C)C)NC1=O. The van der Waals surface area contributed by atoms with Gasteiger partial charge in [-0.15, -0.1) is 0 Å². The summed E-state index contributed by atoms with van der Waals surface area (Å²) < 4.78 is 1.73. The summed E-state index contributed by atoms with van der Waals surface area (Å²) in [4.78, 5) is 16.3. The molecule has 0 aromatic carbocycles. The molecule has 2 heterocycles. The van der Waals surface area contributed by atoms with E-state index in [0.29, 0.717) is 5.96 Å². The summed E-state index contributed by atoms with van der Waals surface area (Å²) in [7, 11) is 1.85. The largest absolute Gasteiger partial charge is 0.354 e. The van der Waals surface area contributed by atoms with Gasteiger partial charge in [-0.2, -0.15) is 5.10 Å². The predicted octanol–water partition coefficient (Wildman–Crippen LogP) is 0.507. The van der Waals surface area contributed by atoms with Crippen molar-refractivity contribution in [3.05, 3.63) is 17.5 Å². The third kappa shape index (κ3) is 2.37. The van der Waals surface area contributed by atoms with Crippen LogP contribution in [-0.4, -0.2) is 27.7 Å². The van der Waals surface area contributed by atoms with E-state index in [-0.39, 0.29) is 11.9 Å². The maximum atomic E-state index is 11.9. The summed E-state index contributed by atoms with van der Waals surface area (Å²) in [5, 5.41) is 10.2. The molecular formula is C12H19N5O. The number of carbonyl (C=O) groups is 1. The van der Waals surface area contributed by atoms with E-state index < -0.39 is 6.04 Å². The van der Waals surface area contributed by atoms with Gasteiger partial charge in [0.05, 0.1) is 5.69 Å². The van der Waals surface area contributed by atoms with Crippen molar-refractivity contribution in [2.75, 3.05) is 0 Å². The Kier molecular flexibility index (Phi) is 3.36. The van der Waals surface area contributed by atoms with Crippen LogP contribution in [0, 0.1) is 0 Å². The lowest BCUT2D eigenvalue weighted by Crippen LogP contribution is -2.40. The highest BCUT2D eigenvalue weighted by Gasteiger charge is 2.31. The zero-order valence-electron chi connectivity index (χ0n) is 11.2. The van der Waals surface area contributed by atoms with Gasteiger partial charge < -0.3 is 5.32 Å². The summed E-state index contributed by atoms with van der Waals surface area (Å²) in [6.45, 7) is 6.03. The molecule has 1 atom stereocenters. The first kappa shape index (κ1) is 12.6. The first-order valence-corrected chi connectivity index (χ1v) is 6.19. The van der Waals surface area contributed by atoms with Gasteiger partial charge >= 0.3 is 0 Å². The van der Waals surface area contributed by atoms with E-state index in [9.17, 15) is 4.79 Å². The van der Waals surface area contributed by atoms with Crippen LogP contribution in [0.15, 0.2) is 11.2 Å². The van der Waals surface area contributed by atoms with Gasteiger partial charge in [-0.05, 0) is 20.3 Å². The van der Waals surface area contributed by atoms with Crippen molar-refractivity contribution in [3.63, 3.8) is 0 Å². The number of carbonyl (C=O) groups excluding carboxylic acids is 1. The minimum absolute atomic E-state index is 0.0964. The number of aromatic nitrogens is 2. The van der Waals surface area contributed by atoms with Gasteiger partial charge in [0.25, 0.3) is 5.91 Å². The van der Waals surface area contributed by atoms with Crippen molar-refractivity contribution in [3.8, 4) is 0 Å². The summed E-state index contributed by atoms with van der Waals surface area (Å²) >= 11 is 0. The summed E-state index contributed by atoms with van der Waals surface area (Å²) in [6.07, 6.45) is 2.66. The van der Waals surface area contributed by atoms with Gasteiger partial charge in [0, 0.05) is 24.8 Å². The Balaban J connectivity index is 2.27. The third-order valence-corrected chi connectivity index (χ3v) is 2.74. The van der Waals surface area contributed by atoms with Crippen LogP contribution in [0.5, 0.6) is 0 Å². The second-order valence-corrected chi connectivity index (χ2v) is 4.73. The molecule has 1 unspecified atom stereocenters. The smallest absolute Gasteiger partial charge is 0.256 e. The molecule has 6 nitrogen and oxygen atoms in total. The Hall–Kier alpha value is -1.85. The fourth-order valence-corrected chi connectivity index (χ4v) is 2.02. The van der Waals surface area contributed by atoms with E-state index in [1.165, 1.54) is 0 Å². The molecule has 1 aliphatic rings. The van der Waals surface area contributed by atoms with Gasteiger partial charge in [0.15, 0.2) is 12.0 Å². The van der Waals surface area contributed by atoms with Crippen molar-refractivity contribution in [2.45, 2.75) is 39.3 Å². The van der Waals surface area contributed by atoms with Crippen LogP contribution in [0.2, 0.25) is 0 Å². The molecule has 0 saturated heterocycles. The topological polar surface area (TPSA) is 71.3 Å². The first-order chi connectivity index (χ1) is 8.51. The predicted molar refractivity (Wildman–Crippen MR) is 69.2 cm³/mol. The van der Waals surface area contributed by atoms with Gasteiger partial charge in [-0.25, -0.2) is 4.99 Å². The number of hydrogen-bond acceptors (Lipinski definition) is 4.